The van der Waals surface area contributed by atoms with Crippen molar-refractivity contribution < 1.29 is 9.47 Å². The number of unbranched alkanes of at least 4 members (excludes halogenated alkanes) is 8. The maximum Gasteiger partial charge on any atom is 0.0701 e. The fourth-order valence-electron chi connectivity index (χ4n) is 3.72. The van der Waals surface area contributed by atoms with E-state index in [4.69, 9.17) is 9.47 Å². The van der Waals surface area contributed by atoms with Crippen LogP contribution in [0.2, 0.25) is 0 Å². The molecular weight excluding hydrogens is 372 g/mol. The molecule has 0 aromatic carbocycles. The van der Waals surface area contributed by atoms with E-state index in [1.165, 1.54) is 103 Å². The second-order valence-corrected chi connectivity index (χ2v) is 8.74. The molecule has 0 saturated heterocycles. The highest BCUT2D eigenvalue weighted by Gasteiger charge is 2.06. The van der Waals surface area contributed by atoms with E-state index in [1.807, 2.05) is 0 Å². The third-order valence-electron chi connectivity index (χ3n) is 5.79. The lowest BCUT2D eigenvalue weighted by atomic mass is 10.2. The van der Waals surface area contributed by atoms with Crippen molar-refractivity contribution in [3.8, 4) is 0 Å². The minimum Gasteiger partial charge on any atom is -0.378 e. The molecule has 0 rings (SSSR count). The molecule has 0 fully saturated rings. The van der Waals surface area contributed by atoms with Crippen LogP contribution >= 0.6 is 0 Å². The van der Waals surface area contributed by atoms with E-state index < -0.39 is 0 Å². The van der Waals surface area contributed by atoms with Gasteiger partial charge in [-0.2, -0.15) is 0 Å². The van der Waals surface area contributed by atoms with Gasteiger partial charge in [0.15, 0.2) is 0 Å². The zero-order valence-corrected chi connectivity index (χ0v) is 21.3. The summed E-state index contributed by atoms with van der Waals surface area (Å²) in [6, 6.07) is 0. The van der Waals surface area contributed by atoms with Crippen molar-refractivity contribution in [3.05, 3.63) is 0 Å². The first-order valence-corrected chi connectivity index (χ1v) is 13.4. The summed E-state index contributed by atoms with van der Waals surface area (Å²) in [5.41, 5.74) is 0. The molecule has 0 aromatic heterocycles. The fourth-order valence-corrected chi connectivity index (χ4v) is 3.72. The molecule has 0 spiro atoms. The molecule has 0 aliphatic heterocycles. The van der Waals surface area contributed by atoms with E-state index in [-0.39, 0.29) is 0 Å². The maximum absolute atomic E-state index is 5.86. The van der Waals surface area contributed by atoms with Crippen molar-refractivity contribution >= 4 is 0 Å². The molecule has 0 bridgehead atoms. The second kappa shape index (κ2) is 25.1. The lowest BCUT2D eigenvalue weighted by Gasteiger charge is -2.23. The molecule has 4 heteroatoms. The maximum atomic E-state index is 5.86. The highest BCUT2D eigenvalue weighted by molar-refractivity contribution is 4.60. The molecule has 4 nitrogen and oxygen atoms in total. The molecule has 182 valence electrons. The number of ether oxygens (including phenoxy) is 2. The Hall–Kier alpha value is -0.160. The summed E-state index contributed by atoms with van der Waals surface area (Å²) in [7, 11) is 0. The van der Waals surface area contributed by atoms with Crippen LogP contribution in [0.25, 0.3) is 0 Å². The third-order valence-corrected chi connectivity index (χ3v) is 5.79. The van der Waals surface area contributed by atoms with Crippen molar-refractivity contribution in [1.29, 1.82) is 0 Å². The Morgan fingerprint density at radius 2 is 0.667 bits per heavy atom. The molecule has 0 heterocycles. The van der Waals surface area contributed by atoms with Gasteiger partial charge in [-0.25, -0.2) is 0 Å². The van der Waals surface area contributed by atoms with Crippen LogP contribution in [0.15, 0.2) is 0 Å². The molecule has 0 aromatic rings. The SMILES string of the molecule is CCCCCN(CCCCC)CCOCCOCCN(CCCCC)CCCCC. The highest BCUT2D eigenvalue weighted by Crippen LogP contribution is 2.04. The predicted molar refractivity (Wildman–Crippen MR) is 133 cm³/mol. The topological polar surface area (TPSA) is 24.9 Å². The van der Waals surface area contributed by atoms with Crippen LogP contribution < -0.4 is 0 Å². The summed E-state index contributed by atoms with van der Waals surface area (Å²) in [6.07, 6.45) is 15.8. The Kier molecular flexibility index (Phi) is 25.0. The summed E-state index contributed by atoms with van der Waals surface area (Å²) in [5.74, 6) is 0. The number of rotatable bonds is 25. The van der Waals surface area contributed by atoms with E-state index in [2.05, 4.69) is 37.5 Å². The van der Waals surface area contributed by atoms with Gasteiger partial charge in [-0.3, -0.25) is 0 Å². The van der Waals surface area contributed by atoms with E-state index in [0.717, 1.165) is 39.5 Å². The third kappa shape index (κ3) is 21.1. The summed E-state index contributed by atoms with van der Waals surface area (Å²) in [4.78, 5) is 5.19. The normalized spacial score (nSPS) is 11.8. The van der Waals surface area contributed by atoms with Gasteiger partial charge in [-0.05, 0) is 51.9 Å². The minimum atomic E-state index is 0.726. The van der Waals surface area contributed by atoms with Gasteiger partial charge in [-0.1, -0.05) is 79.1 Å². The monoisotopic (exact) mass is 428 g/mol. The van der Waals surface area contributed by atoms with Gasteiger partial charge < -0.3 is 19.3 Å². The average Bonchev–Trinajstić information content (AvgIpc) is 2.75. The van der Waals surface area contributed by atoms with E-state index in [0.29, 0.717) is 0 Å². The van der Waals surface area contributed by atoms with Crippen molar-refractivity contribution in [2.75, 3.05) is 65.7 Å². The zero-order chi connectivity index (χ0) is 22.1. The van der Waals surface area contributed by atoms with Crippen molar-refractivity contribution in [1.82, 2.24) is 9.80 Å². The van der Waals surface area contributed by atoms with Crippen LogP contribution in [0.3, 0.4) is 0 Å². The Labute approximate surface area is 190 Å². The molecule has 0 N–H and O–H groups in total. The van der Waals surface area contributed by atoms with Crippen molar-refractivity contribution in [2.45, 2.75) is 105 Å². The minimum absolute atomic E-state index is 0.726. The van der Waals surface area contributed by atoms with Crippen LogP contribution in [0.1, 0.15) is 105 Å². The smallest absolute Gasteiger partial charge is 0.0701 e. The van der Waals surface area contributed by atoms with Crippen molar-refractivity contribution in [3.63, 3.8) is 0 Å². The number of hydrogen-bond acceptors (Lipinski definition) is 4. The summed E-state index contributed by atoms with van der Waals surface area (Å²) < 4.78 is 11.7. The Morgan fingerprint density at radius 1 is 0.367 bits per heavy atom. The first kappa shape index (κ1) is 29.8. The van der Waals surface area contributed by atoms with Crippen LogP contribution in [-0.2, 0) is 9.47 Å². The van der Waals surface area contributed by atoms with Crippen molar-refractivity contribution in [2.24, 2.45) is 0 Å². The van der Waals surface area contributed by atoms with Gasteiger partial charge in [-0.15, -0.1) is 0 Å². The first-order valence-electron chi connectivity index (χ1n) is 13.4. The standard InChI is InChI=1S/C26H56N2O2/c1-5-9-13-17-27(18-14-10-6-2)21-23-29-25-26-30-24-22-28(19-15-11-7-3)20-16-12-8-4/h5-26H2,1-4H3. The number of hydrogen-bond donors (Lipinski definition) is 0. The van der Waals surface area contributed by atoms with Gasteiger partial charge in [0.25, 0.3) is 0 Å². The average molecular weight is 429 g/mol. The van der Waals surface area contributed by atoms with Crippen LogP contribution in [-0.4, -0.2) is 75.5 Å². The fraction of sp³-hybridized carbons (Fsp3) is 1.00. The first-order chi connectivity index (χ1) is 14.8. The molecule has 0 saturated carbocycles. The molecule has 0 aliphatic rings. The second-order valence-electron chi connectivity index (χ2n) is 8.74. The highest BCUT2D eigenvalue weighted by atomic mass is 16.5. The predicted octanol–water partition coefficient (Wildman–Crippen LogP) is 6.38. The van der Waals surface area contributed by atoms with Crippen LogP contribution in [0.4, 0.5) is 0 Å². The molecule has 0 aliphatic carbocycles. The molecule has 30 heavy (non-hydrogen) atoms. The van der Waals surface area contributed by atoms with E-state index >= 15 is 0 Å². The van der Waals surface area contributed by atoms with E-state index in [9.17, 15) is 0 Å². The van der Waals surface area contributed by atoms with Gasteiger partial charge in [0, 0.05) is 13.1 Å². The van der Waals surface area contributed by atoms with Gasteiger partial charge in [0.2, 0.25) is 0 Å². The Morgan fingerprint density at radius 3 is 0.933 bits per heavy atom. The van der Waals surface area contributed by atoms with Gasteiger partial charge in [0.05, 0.1) is 26.4 Å². The lowest BCUT2D eigenvalue weighted by Crippen LogP contribution is -2.31. The Balaban J connectivity index is 3.79. The molecule has 0 unspecified atom stereocenters. The Bertz CT molecular complexity index is 265. The van der Waals surface area contributed by atoms with Crippen LogP contribution in [0.5, 0.6) is 0 Å². The molecule has 0 radical (unpaired) electrons. The molecule has 0 atom stereocenters. The zero-order valence-electron chi connectivity index (χ0n) is 21.3. The van der Waals surface area contributed by atoms with E-state index in [1.54, 1.807) is 0 Å². The summed E-state index contributed by atoms with van der Waals surface area (Å²) >= 11 is 0. The van der Waals surface area contributed by atoms with Gasteiger partial charge >= 0.3 is 0 Å². The quantitative estimate of drug-likeness (QED) is 0.157. The largest absolute Gasteiger partial charge is 0.378 e. The molecular formula is C26H56N2O2. The molecule has 0 amide bonds. The van der Waals surface area contributed by atoms with Crippen LogP contribution in [0, 0.1) is 0 Å². The number of nitrogens with zero attached hydrogens (tertiary/aromatic N) is 2. The lowest BCUT2D eigenvalue weighted by molar-refractivity contribution is 0.0306. The summed E-state index contributed by atoms with van der Waals surface area (Å²) in [6.45, 7) is 19.3. The summed E-state index contributed by atoms with van der Waals surface area (Å²) in [5, 5.41) is 0. The van der Waals surface area contributed by atoms with Gasteiger partial charge in [0.1, 0.15) is 0 Å².